The van der Waals surface area contributed by atoms with Gasteiger partial charge in [0, 0.05) is 27.1 Å². The normalized spacial score (nSPS) is 17.6. The Morgan fingerprint density at radius 3 is 2.20 bits per heavy atom. The van der Waals surface area contributed by atoms with Crippen LogP contribution in [0.2, 0.25) is 0 Å². The van der Waals surface area contributed by atoms with Crippen molar-refractivity contribution in [1.82, 2.24) is 15.3 Å². The number of rotatable bonds is 3. The first-order valence-electron chi connectivity index (χ1n) is 8.68. The van der Waals surface area contributed by atoms with Crippen LogP contribution in [-0.2, 0) is 15.1 Å². The van der Waals surface area contributed by atoms with Crippen molar-refractivity contribution in [2.24, 2.45) is 0 Å². The Balaban J connectivity index is 2.09. The van der Waals surface area contributed by atoms with Crippen LogP contribution >= 0.6 is 0 Å². The van der Waals surface area contributed by atoms with Gasteiger partial charge in [0.05, 0.1) is 5.54 Å². The highest BCUT2D eigenvalue weighted by molar-refractivity contribution is 5.74. The van der Waals surface area contributed by atoms with Gasteiger partial charge in [0.25, 0.3) is 0 Å². The van der Waals surface area contributed by atoms with Crippen molar-refractivity contribution in [2.75, 3.05) is 20.1 Å². The molecule has 1 saturated heterocycles. The number of amides is 2. The van der Waals surface area contributed by atoms with Gasteiger partial charge in [-0.1, -0.05) is 30.3 Å². The fourth-order valence-corrected chi connectivity index (χ4v) is 3.29. The summed E-state index contributed by atoms with van der Waals surface area (Å²) in [4.78, 5) is 25.8. The zero-order valence-electron chi connectivity index (χ0n) is 15.8. The van der Waals surface area contributed by atoms with Gasteiger partial charge in [0.1, 0.15) is 5.60 Å². The van der Waals surface area contributed by atoms with Gasteiger partial charge in [-0.3, -0.25) is 10.2 Å². The zero-order chi connectivity index (χ0) is 18.7. The van der Waals surface area contributed by atoms with Crippen molar-refractivity contribution in [3.05, 3.63) is 35.9 Å². The van der Waals surface area contributed by atoms with Crippen molar-refractivity contribution < 1.29 is 14.3 Å². The Labute approximate surface area is 150 Å². The highest BCUT2D eigenvalue weighted by Crippen LogP contribution is 2.37. The molecule has 1 heterocycles. The molecule has 6 heteroatoms. The lowest BCUT2D eigenvalue weighted by Gasteiger charge is -2.47. The van der Waals surface area contributed by atoms with E-state index < -0.39 is 11.7 Å². The lowest BCUT2D eigenvalue weighted by molar-refractivity contribution is -0.136. The van der Waals surface area contributed by atoms with Gasteiger partial charge in [-0.05, 0) is 39.2 Å². The fraction of sp³-hybridized carbons (Fsp3) is 0.579. The molecule has 6 nitrogen and oxygen atoms in total. The van der Waals surface area contributed by atoms with Crippen LogP contribution in [0.15, 0.2) is 30.3 Å². The molecule has 1 aliphatic heterocycles. The summed E-state index contributed by atoms with van der Waals surface area (Å²) in [5, 5.41) is 1.86. The first-order valence-corrected chi connectivity index (χ1v) is 8.68. The van der Waals surface area contributed by atoms with Crippen LogP contribution in [0.3, 0.4) is 0 Å². The second kappa shape index (κ2) is 7.44. The molecule has 1 aromatic rings. The number of benzene rings is 1. The van der Waals surface area contributed by atoms with E-state index in [0.717, 1.165) is 18.4 Å². The molecule has 0 radical (unpaired) electrons. The third-order valence-corrected chi connectivity index (χ3v) is 4.66. The predicted molar refractivity (Wildman–Crippen MR) is 96.7 cm³/mol. The fourth-order valence-electron chi connectivity index (χ4n) is 3.29. The third kappa shape index (κ3) is 4.72. The number of hydrazine groups is 1. The molecule has 138 valence electrons. The largest absolute Gasteiger partial charge is 0.443 e. The molecule has 1 N–H and O–H groups in total. The van der Waals surface area contributed by atoms with Crippen LogP contribution in [0.4, 0.5) is 4.79 Å². The zero-order valence-corrected chi connectivity index (χ0v) is 15.8. The van der Waals surface area contributed by atoms with Crippen molar-refractivity contribution in [1.29, 1.82) is 0 Å². The molecule has 1 fully saturated rings. The minimum absolute atomic E-state index is 0.0393. The van der Waals surface area contributed by atoms with Gasteiger partial charge >= 0.3 is 6.09 Å². The topological polar surface area (TPSA) is 61.9 Å². The van der Waals surface area contributed by atoms with E-state index in [1.54, 1.807) is 6.92 Å². The lowest BCUT2D eigenvalue weighted by Crippen LogP contribution is -2.57. The quantitative estimate of drug-likeness (QED) is 0.913. The molecule has 2 rings (SSSR count). The van der Waals surface area contributed by atoms with E-state index in [0.29, 0.717) is 13.1 Å². The minimum Gasteiger partial charge on any atom is -0.443 e. The van der Waals surface area contributed by atoms with E-state index in [1.165, 1.54) is 0 Å². The molecule has 0 atom stereocenters. The summed E-state index contributed by atoms with van der Waals surface area (Å²) in [7, 11) is 1.85. The Hall–Kier alpha value is -2.08. The maximum absolute atomic E-state index is 12.1. The van der Waals surface area contributed by atoms with Crippen molar-refractivity contribution >= 4 is 12.0 Å². The van der Waals surface area contributed by atoms with Crippen LogP contribution in [0.5, 0.6) is 0 Å². The Morgan fingerprint density at radius 1 is 1.16 bits per heavy atom. The Morgan fingerprint density at radius 2 is 1.72 bits per heavy atom. The number of carbonyl (C=O) groups is 2. The molecule has 1 aliphatic rings. The summed E-state index contributed by atoms with van der Waals surface area (Å²) in [6.45, 7) is 8.40. The molecule has 2 amide bonds. The maximum Gasteiger partial charge on any atom is 0.422 e. The predicted octanol–water partition coefficient (Wildman–Crippen LogP) is 2.90. The van der Waals surface area contributed by atoms with E-state index in [1.807, 2.05) is 55.9 Å². The van der Waals surface area contributed by atoms with Crippen molar-refractivity contribution in [3.63, 3.8) is 0 Å². The second-order valence-electron chi connectivity index (χ2n) is 7.58. The number of ether oxygens (including phenoxy) is 1. The molecule has 0 spiro atoms. The third-order valence-electron chi connectivity index (χ3n) is 4.66. The van der Waals surface area contributed by atoms with Gasteiger partial charge in [-0.25, -0.2) is 9.80 Å². The van der Waals surface area contributed by atoms with Gasteiger partial charge in [-0.2, -0.15) is 0 Å². The first kappa shape index (κ1) is 19.2. The first-order chi connectivity index (χ1) is 11.6. The van der Waals surface area contributed by atoms with Crippen LogP contribution in [0.25, 0.3) is 0 Å². The number of nitrogens with one attached hydrogen (secondary N) is 1. The molecule has 1 aromatic carbocycles. The van der Waals surface area contributed by atoms with E-state index in [2.05, 4.69) is 17.6 Å². The molecule has 0 aromatic heterocycles. The summed E-state index contributed by atoms with van der Waals surface area (Å²) in [5.41, 5.74) is 3.06. The van der Waals surface area contributed by atoms with Gasteiger partial charge in [-0.15, -0.1) is 0 Å². The molecular weight excluding hydrogens is 318 g/mol. The summed E-state index contributed by atoms with van der Waals surface area (Å²) >= 11 is 0. The average molecular weight is 347 g/mol. The smallest absolute Gasteiger partial charge is 0.422 e. The van der Waals surface area contributed by atoms with Crippen LogP contribution in [0.1, 0.15) is 46.1 Å². The number of piperidine rings is 1. The van der Waals surface area contributed by atoms with E-state index in [9.17, 15) is 9.59 Å². The number of hydrogen-bond donors (Lipinski definition) is 1. The van der Waals surface area contributed by atoms with Crippen LogP contribution < -0.4 is 5.43 Å². The SMILES string of the molecule is CC(=O)N(C)C1(c2ccccc2)CCN(NC(=O)OC(C)(C)C)CC1. The molecular formula is C19H29N3O3. The van der Waals surface area contributed by atoms with Gasteiger partial charge in [0.2, 0.25) is 5.91 Å². The average Bonchev–Trinajstić information content (AvgIpc) is 2.54. The lowest BCUT2D eigenvalue weighted by atomic mass is 9.80. The Kier molecular flexibility index (Phi) is 5.72. The Bertz CT molecular complexity index is 602. The van der Waals surface area contributed by atoms with Gasteiger partial charge < -0.3 is 9.64 Å². The molecule has 0 saturated carbocycles. The molecule has 0 bridgehead atoms. The maximum atomic E-state index is 12.1. The van der Waals surface area contributed by atoms with Crippen LogP contribution in [0, 0.1) is 0 Å². The summed E-state index contributed by atoms with van der Waals surface area (Å²) < 4.78 is 5.31. The van der Waals surface area contributed by atoms with E-state index in [4.69, 9.17) is 4.74 Å². The molecule has 0 unspecified atom stereocenters. The van der Waals surface area contributed by atoms with E-state index in [-0.39, 0.29) is 11.4 Å². The minimum atomic E-state index is -0.525. The number of hydrogen-bond acceptors (Lipinski definition) is 4. The summed E-state index contributed by atoms with van der Waals surface area (Å²) in [6, 6.07) is 10.1. The number of carbonyl (C=O) groups excluding carboxylic acids is 2. The standard InChI is InChI=1S/C19H29N3O3/c1-15(23)21(5)19(16-9-7-6-8-10-16)11-13-22(14-12-19)20-17(24)25-18(2,3)4/h6-10H,11-14H2,1-5H3,(H,20,24). The second-order valence-corrected chi connectivity index (χ2v) is 7.58. The number of nitrogens with zero attached hydrogens (tertiary/aromatic N) is 2. The molecule has 0 aliphatic carbocycles. The van der Waals surface area contributed by atoms with Gasteiger partial charge in [0.15, 0.2) is 0 Å². The highest BCUT2D eigenvalue weighted by atomic mass is 16.6. The monoisotopic (exact) mass is 347 g/mol. The van der Waals surface area contributed by atoms with Crippen LogP contribution in [-0.4, -0.2) is 47.6 Å². The summed E-state index contributed by atoms with van der Waals surface area (Å²) in [6.07, 6.45) is 1.03. The van der Waals surface area contributed by atoms with Crippen molar-refractivity contribution in [2.45, 2.75) is 51.7 Å². The molecule has 25 heavy (non-hydrogen) atoms. The van der Waals surface area contributed by atoms with Crippen molar-refractivity contribution in [3.8, 4) is 0 Å². The van der Waals surface area contributed by atoms with E-state index >= 15 is 0 Å². The highest BCUT2D eigenvalue weighted by Gasteiger charge is 2.41. The summed E-state index contributed by atoms with van der Waals surface area (Å²) in [5.74, 6) is 0.0393.